The number of amides is 2. The molecule has 3 unspecified atom stereocenters. The highest BCUT2D eigenvalue weighted by Crippen LogP contribution is 2.37. The first-order chi connectivity index (χ1) is 19.6. The minimum atomic E-state index is -0.656. The van der Waals surface area contributed by atoms with E-state index >= 15 is 0 Å². The molecule has 0 radical (unpaired) electrons. The van der Waals surface area contributed by atoms with Crippen LogP contribution < -0.4 is 21.2 Å². The minimum absolute atomic E-state index is 0.222. The number of aromatic nitrogens is 2. The Balaban J connectivity index is 1.13. The molecule has 0 aliphatic carbocycles. The highest BCUT2D eigenvalue weighted by Gasteiger charge is 2.41. The van der Waals surface area contributed by atoms with E-state index in [2.05, 4.69) is 58.2 Å². The maximum absolute atomic E-state index is 13.2. The van der Waals surface area contributed by atoms with Crippen LogP contribution in [0.25, 0.3) is 11.0 Å². The van der Waals surface area contributed by atoms with Crippen LogP contribution in [0, 0.1) is 5.41 Å². The zero-order chi connectivity index (χ0) is 28.9. The van der Waals surface area contributed by atoms with E-state index in [-0.39, 0.29) is 23.4 Å². The van der Waals surface area contributed by atoms with E-state index in [1.807, 2.05) is 6.07 Å². The average Bonchev–Trinajstić information content (AvgIpc) is 3.22. The molecule has 224 valence electrons. The van der Waals surface area contributed by atoms with Gasteiger partial charge >= 0.3 is 5.69 Å². The van der Waals surface area contributed by atoms with Gasteiger partial charge in [-0.05, 0) is 68.8 Å². The monoisotopic (exact) mass is 565 g/mol. The van der Waals surface area contributed by atoms with Gasteiger partial charge in [-0.25, -0.2) is 4.79 Å². The van der Waals surface area contributed by atoms with Crippen molar-refractivity contribution in [3.63, 3.8) is 0 Å². The second-order valence-corrected chi connectivity index (χ2v) is 13.7. The van der Waals surface area contributed by atoms with Gasteiger partial charge < -0.3 is 10.2 Å². The zero-order valence-corrected chi connectivity index (χ0v) is 25.2. The number of carbonyl (C=O) groups excluding carboxylic acids is 2. The van der Waals surface area contributed by atoms with Crippen LogP contribution >= 0.6 is 0 Å². The maximum atomic E-state index is 13.2. The number of carbonyl (C=O) groups is 2. The first-order valence-corrected chi connectivity index (χ1v) is 15.6. The zero-order valence-electron chi connectivity index (χ0n) is 25.2. The Labute approximate surface area is 243 Å². The number of hydrogen-bond acceptors (Lipinski definition) is 7. The van der Waals surface area contributed by atoms with Gasteiger partial charge in [0, 0.05) is 70.0 Å². The fourth-order valence-electron chi connectivity index (χ4n) is 7.85. The Bertz CT molecular complexity index is 1340. The van der Waals surface area contributed by atoms with Gasteiger partial charge in [-0.3, -0.25) is 33.8 Å². The lowest BCUT2D eigenvalue weighted by molar-refractivity contribution is -0.135. The Kier molecular flexibility index (Phi) is 7.76. The summed E-state index contributed by atoms with van der Waals surface area (Å²) in [5.74, 6) is -0.673. The van der Waals surface area contributed by atoms with E-state index in [4.69, 9.17) is 0 Å². The lowest BCUT2D eigenvalue weighted by Crippen LogP contribution is -2.60. The third kappa shape index (κ3) is 5.46. The number of likely N-dealkylation sites (tertiary alicyclic amines) is 1. The van der Waals surface area contributed by atoms with Gasteiger partial charge in [0.25, 0.3) is 0 Å². The molecule has 4 saturated heterocycles. The van der Waals surface area contributed by atoms with Gasteiger partial charge in [0.15, 0.2) is 0 Å². The molecular formula is C31H47N7O3. The van der Waals surface area contributed by atoms with Gasteiger partial charge in [0.2, 0.25) is 11.8 Å². The number of hydrogen-bond donors (Lipinski definition) is 2. The van der Waals surface area contributed by atoms with E-state index < -0.39 is 11.9 Å². The van der Waals surface area contributed by atoms with Crippen molar-refractivity contribution in [2.75, 3.05) is 50.7 Å². The number of nitrogens with one attached hydrogen (secondary N) is 2. The quantitative estimate of drug-likeness (QED) is 0.548. The number of piperazine rings is 1. The summed E-state index contributed by atoms with van der Waals surface area (Å²) in [5, 5.41) is 5.92. The molecule has 0 saturated carbocycles. The molecule has 2 aromatic rings. The van der Waals surface area contributed by atoms with E-state index in [0.717, 1.165) is 56.0 Å². The Hall–Kier alpha value is -2.69. The molecular weight excluding hydrogens is 518 g/mol. The Morgan fingerprint density at radius 1 is 0.854 bits per heavy atom. The molecule has 2 N–H and O–H groups in total. The number of piperidine rings is 3. The van der Waals surface area contributed by atoms with Crippen LogP contribution in [-0.4, -0.2) is 94.7 Å². The molecule has 3 atom stereocenters. The lowest BCUT2D eigenvalue weighted by Gasteiger charge is -2.53. The summed E-state index contributed by atoms with van der Waals surface area (Å²) >= 11 is 0. The summed E-state index contributed by atoms with van der Waals surface area (Å²) in [6.45, 7) is 14.8. The molecule has 4 aliphatic heterocycles. The molecule has 10 nitrogen and oxygen atoms in total. The predicted octanol–water partition coefficient (Wildman–Crippen LogP) is 2.07. The smallest absolute Gasteiger partial charge is 0.329 e. The van der Waals surface area contributed by atoms with Crippen LogP contribution in [-0.2, 0) is 16.6 Å². The number of anilines is 1. The standard InChI is InChI=1S/C31H47N7O3/c1-31(2,3)27-20-23(11-14-37(27)21-9-12-32-13-10-21)36-17-15-35(16-18-36)22-5-6-24-26(19-22)34(4)30(41)38(24)25-7-8-28(39)33-29(25)40/h5-6,19,21,23,25,27,32H,7-18,20H2,1-4H3,(H,33,39,40). The highest BCUT2D eigenvalue weighted by atomic mass is 16.2. The minimum Gasteiger partial charge on any atom is -0.369 e. The average molecular weight is 566 g/mol. The van der Waals surface area contributed by atoms with Gasteiger partial charge in [-0.2, -0.15) is 0 Å². The third-order valence-electron chi connectivity index (χ3n) is 10.2. The number of fused-ring (bicyclic) bond motifs is 1. The molecule has 4 fully saturated rings. The van der Waals surface area contributed by atoms with Crippen molar-refractivity contribution >= 4 is 28.5 Å². The summed E-state index contributed by atoms with van der Waals surface area (Å²) in [6.07, 6.45) is 5.62. The second kappa shape index (κ2) is 11.2. The number of nitrogens with zero attached hydrogens (tertiary/aromatic N) is 5. The molecule has 4 aliphatic rings. The summed E-state index contributed by atoms with van der Waals surface area (Å²) in [4.78, 5) is 45.4. The largest absolute Gasteiger partial charge is 0.369 e. The van der Waals surface area contributed by atoms with Crippen LogP contribution in [0.4, 0.5) is 5.69 Å². The molecule has 6 rings (SSSR count). The highest BCUT2D eigenvalue weighted by molar-refractivity contribution is 6.00. The van der Waals surface area contributed by atoms with E-state index in [1.54, 1.807) is 16.2 Å². The molecule has 2 amide bonds. The molecule has 0 spiro atoms. The molecule has 1 aromatic carbocycles. The molecule has 5 heterocycles. The molecule has 1 aromatic heterocycles. The van der Waals surface area contributed by atoms with Crippen molar-refractivity contribution in [2.45, 2.75) is 83.5 Å². The maximum Gasteiger partial charge on any atom is 0.329 e. The van der Waals surface area contributed by atoms with Crippen LogP contribution in [0.15, 0.2) is 23.0 Å². The predicted molar refractivity (Wildman–Crippen MR) is 161 cm³/mol. The summed E-state index contributed by atoms with van der Waals surface area (Å²) in [5.41, 5.74) is 2.71. The number of imidazole rings is 1. The lowest BCUT2D eigenvalue weighted by atomic mass is 9.77. The Morgan fingerprint density at radius 2 is 1.59 bits per heavy atom. The van der Waals surface area contributed by atoms with Crippen molar-refractivity contribution in [1.29, 1.82) is 0 Å². The van der Waals surface area contributed by atoms with Gasteiger partial charge in [-0.15, -0.1) is 0 Å². The van der Waals surface area contributed by atoms with E-state index in [0.29, 0.717) is 24.5 Å². The van der Waals surface area contributed by atoms with Crippen molar-refractivity contribution in [3.8, 4) is 0 Å². The first-order valence-electron chi connectivity index (χ1n) is 15.6. The van der Waals surface area contributed by atoms with Crippen molar-refractivity contribution in [1.82, 2.24) is 29.6 Å². The van der Waals surface area contributed by atoms with Crippen molar-refractivity contribution < 1.29 is 9.59 Å². The topological polar surface area (TPSA) is 94.8 Å². The van der Waals surface area contributed by atoms with Crippen molar-refractivity contribution in [3.05, 3.63) is 28.7 Å². The fraction of sp³-hybridized carbons (Fsp3) is 0.710. The second-order valence-electron chi connectivity index (χ2n) is 13.7. The third-order valence-corrected chi connectivity index (χ3v) is 10.2. The van der Waals surface area contributed by atoms with E-state index in [1.165, 1.54) is 32.2 Å². The number of imide groups is 1. The van der Waals surface area contributed by atoms with Crippen LogP contribution in [0.1, 0.15) is 65.3 Å². The molecule has 0 bridgehead atoms. The summed E-state index contributed by atoms with van der Waals surface area (Å²) in [7, 11) is 1.76. The summed E-state index contributed by atoms with van der Waals surface area (Å²) < 4.78 is 3.18. The number of rotatable bonds is 4. The normalized spacial score (nSPS) is 27.9. The number of benzene rings is 1. The molecule has 10 heteroatoms. The van der Waals surface area contributed by atoms with E-state index in [9.17, 15) is 14.4 Å². The van der Waals surface area contributed by atoms with Gasteiger partial charge in [0.1, 0.15) is 6.04 Å². The number of aryl methyl sites for hydroxylation is 1. The molecule has 41 heavy (non-hydrogen) atoms. The van der Waals surface area contributed by atoms with Crippen molar-refractivity contribution in [2.24, 2.45) is 12.5 Å². The first kappa shape index (κ1) is 28.4. The Morgan fingerprint density at radius 3 is 2.27 bits per heavy atom. The fourth-order valence-corrected chi connectivity index (χ4v) is 7.85. The van der Waals surface area contributed by atoms with Crippen LogP contribution in [0.3, 0.4) is 0 Å². The van der Waals surface area contributed by atoms with Gasteiger partial charge in [0.05, 0.1) is 11.0 Å². The SMILES string of the molecule is Cn1c(=O)n(C2CCC(=O)NC2=O)c2ccc(N3CCN(C4CCN(C5CCNCC5)C(C(C)(C)C)C4)CC3)cc21. The summed E-state index contributed by atoms with van der Waals surface area (Å²) in [6, 6.07) is 7.43. The van der Waals surface area contributed by atoms with Crippen LogP contribution in [0.5, 0.6) is 0 Å². The van der Waals surface area contributed by atoms with Gasteiger partial charge in [-0.1, -0.05) is 20.8 Å². The van der Waals surface area contributed by atoms with Crippen LogP contribution in [0.2, 0.25) is 0 Å².